The number of carbonyl (C=O) groups excluding carboxylic acids is 1. The van der Waals surface area contributed by atoms with Crippen LogP contribution in [0.1, 0.15) is 36.5 Å². The number of aliphatic hydroxyl groups is 1. The first-order valence-electron chi connectivity index (χ1n) is 8.21. The molecule has 0 bridgehead atoms. The average molecular weight is 327 g/mol. The molecule has 1 aromatic carbocycles. The number of hydrogen-bond acceptors (Lipinski definition) is 3. The van der Waals surface area contributed by atoms with Crippen LogP contribution in [0.3, 0.4) is 0 Å². The van der Waals surface area contributed by atoms with Crippen molar-refractivity contribution in [2.45, 2.75) is 32.9 Å². The lowest BCUT2D eigenvalue weighted by atomic mass is 9.89. The van der Waals surface area contributed by atoms with E-state index in [1.807, 2.05) is 42.6 Å². The van der Waals surface area contributed by atoms with Crippen molar-refractivity contribution in [3.8, 4) is 0 Å². The monoisotopic (exact) mass is 327 g/mol. The predicted octanol–water partition coefficient (Wildman–Crippen LogP) is 2.81. The molecule has 2 amide bonds. The normalized spacial score (nSPS) is 12.0. The molecule has 5 nitrogen and oxygen atoms in total. The lowest BCUT2D eigenvalue weighted by molar-refractivity contribution is 0.238. The van der Waals surface area contributed by atoms with Gasteiger partial charge < -0.3 is 15.7 Å². The minimum Gasteiger partial charge on any atom is -0.392 e. The first kappa shape index (κ1) is 17.9. The zero-order valence-electron chi connectivity index (χ0n) is 14.2. The quantitative estimate of drug-likeness (QED) is 0.732. The number of hydrogen-bond donors (Lipinski definition) is 3. The summed E-state index contributed by atoms with van der Waals surface area (Å²) < 4.78 is 0. The number of aliphatic hydroxyl groups excluding tert-OH is 1. The summed E-state index contributed by atoms with van der Waals surface area (Å²) >= 11 is 0. The number of urea groups is 1. The van der Waals surface area contributed by atoms with Crippen molar-refractivity contribution in [3.05, 3.63) is 65.5 Å². The molecule has 2 rings (SSSR count). The lowest BCUT2D eigenvalue weighted by Gasteiger charge is -2.21. The van der Waals surface area contributed by atoms with E-state index in [1.54, 1.807) is 6.20 Å². The van der Waals surface area contributed by atoms with Gasteiger partial charge in [0.05, 0.1) is 6.61 Å². The minimum absolute atomic E-state index is 0.0318. The minimum atomic E-state index is -0.211. The summed E-state index contributed by atoms with van der Waals surface area (Å²) in [6.45, 7) is 5.18. The highest BCUT2D eigenvalue weighted by atomic mass is 16.3. The van der Waals surface area contributed by atoms with Gasteiger partial charge in [0.15, 0.2) is 0 Å². The number of amides is 2. The first-order valence-corrected chi connectivity index (χ1v) is 8.21. The Morgan fingerprint density at radius 1 is 1.12 bits per heavy atom. The van der Waals surface area contributed by atoms with Crippen molar-refractivity contribution in [2.75, 3.05) is 6.54 Å². The molecular formula is C19H25N3O2. The molecule has 24 heavy (non-hydrogen) atoms. The van der Waals surface area contributed by atoms with E-state index in [2.05, 4.69) is 29.5 Å². The number of carbonyl (C=O) groups is 1. The van der Waals surface area contributed by atoms with Gasteiger partial charge in [0.25, 0.3) is 0 Å². The van der Waals surface area contributed by atoms with Gasteiger partial charge in [0, 0.05) is 31.4 Å². The third-order valence-corrected chi connectivity index (χ3v) is 4.13. The number of nitrogens with one attached hydrogen (secondary N) is 2. The molecule has 2 aromatic rings. The molecular weight excluding hydrogens is 302 g/mol. The average Bonchev–Trinajstić information content (AvgIpc) is 2.61. The molecule has 1 heterocycles. The summed E-state index contributed by atoms with van der Waals surface area (Å²) in [6.07, 6.45) is 3.60. The van der Waals surface area contributed by atoms with E-state index in [4.69, 9.17) is 0 Å². The number of nitrogens with zero attached hydrogens (tertiary/aromatic N) is 1. The second-order valence-corrected chi connectivity index (χ2v) is 6.13. The van der Waals surface area contributed by atoms with Gasteiger partial charge in [-0.2, -0.15) is 0 Å². The highest BCUT2D eigenvalue weighted by Crippen LogP contribution is 2.22. The lowest BCUT2D eigenvalue weighted by Crippen LogP contribution is -2.38. The molecule has 0 spiro atoms. The molecule has 5 heteroatoms. The van der Waals surface area contributed by atoms with Crippen LogP contribution in [0.2, 0.25) is 0 Å². The SMILES string of the molecule is CC(C)C(CNC(=O)NCc1ccccc1CO)c1cccnc1. The van der Waals surface area contributed by atoms with Crippen LogP contribution in [0.25, 0.3) is 0 Å². The molecule has 0 saturated heterocycles. The zero-order chi connectivity index (χ0) is 17.4. The summed E-state index contributed by atoms with van der Waals surface area (Å²) in [6, 6.07) is 11.3. The van der Waals surface area contributed by atoms with Gasteiger partial charge in [-0.15, -0.1) is 0 Å². The van der Waals surface area contributed by atoms with Crippen LogP contribution in [0, 0.1) is 5.92 Å². The van der Waals surface area contributed by atoms with Gasteiger partial charge in [-0.1, -0.05) is 44.2 Å². The Balaban J connectivity index is 1.87. The highest BCUT2D eigenvalue weighted by molar-refractivity contribution is 5.73. The van der Waals surface area contributed by atoms with E-state index in [0.717, 1.165) is 16.7 Å². The van der Waals surface area contributed by atoms with Crippen molar-refractivity contribution in [3.63, 3.8) is 0 Å². The number of pyridine rings is 1. The fraction of sp³-hybridized carbons (Fsp3) is 0.368. The van der Waals surface area contributed by atoms with Crippen LogP contribution >= 0.6 is 0 Å². The Morgan fingerprint density at radius 3 is 2.50 bits per heavy atom. The third-order valence-electron chi connectivity index (χ3n) is 4.13. The summed E-state index contributed by atoms with van der Waals surface area (Å²) in [5, 5.41) is 15.1. The Hall–Kier alpha value is -2.40. The summed E-state index contributed by atoms with van der Waals surface area (Å²) in [5.74, 6) is 0.610. The van der Waals surface area contributed by atoms with E-state index in [-0.39, 0.29) is 18.6 Å². The largest absolute Gasteiger partial charge is 0.392 e. The molecule has 128 valence electrons. The van der Waals surface area contributed by atoms with Gasteiger partial charge >= 0.3 is 6.03 Å². The van der Waals surface area contributed by atoms with Crippen LogP contribution in [0.5, 0.6) is 0 Å². The summed E-state index contributed by atoms with van der Waals surface area (Å²) in [4.78, 5) is 16.2. The van der Waals surface area contributed by atoms with E-state index in [1.165, 1.54) is 0 Å². The number of rotatable bonds is 7. The summed E-state index contributed by atoms with van der Waals surface area (Å²) in [7, 11) is 0. The van der Waals surface area contributed by atoms with Gasteiger partial charge in [0.1, 0.15) is 0 Å². The molecule has 0 aliphatic carbocycles. The number of benzene rings is 1. The zero-order valence-corrected chi connectivity index (χ0v) is 14.2. The molecule has 0 aliphatic rings. The van der Waals surface area contributed by atoms with E-state index >= 15 is 0 Å². The van der Waals surface area contributed by atoms with E-state index in [0.29, 0.717) is 19.0 Å². The van der Waals surface area contributed by atoms with Crippen molar-refractivity contribution in [1.82, 2.24) is 15.6 Å². The van der Waals surface area contributed by atoms with E-state index < -0.39 is 0 Å². The molecule has 1 aromatic heterocycles. The molecule has 0 radical (unpaired) electrons. The van der Waals surface area contributed by atoms with Gasteiger partial charge in [-0.25, -0.2) is 4.79 Å². The van der Waals surface area contributed by atoms with Crippen molar-refractivity contribution < 1.29 is 9.90 Å². The smallest absolute Gasteiger partial charge is 0.315 e. The van der Waals surface area contributed by atoms with Gasteiger partial charge in [-0.05, 0) is 28.7 Å². The fourth-order valence-electron chi connectivity index (χ4n) is 2.66. The van der Waals surface area contributed by atoms with Gasteiger partial charge in [-0.3, -0.25) is 4.98 Å². The van der Waals surface area contributed by atoms with Crippen molar-refractivity contribution >= 4 is 6.03 Å². The van der Waals surface area contributed by atoms with Crippen LogP contribution < -0.4 is 10.6 Å². The maximum Gasteiger partial charge on any atom is 0.315 e. The Bertz CT molecular complexity index is 644. The van der Waals surface area contributed by atoms with Crippen LogP contribution in [-0.2, 0) is 13.2 Å². The topological polar surface area (TPSA) is 74.2 Å². The molecule has 0 aliphatic heterocycles. The molecule has 1 atom stereocenters. The van der Waals surface area contributed by atoms with E-state index in [9.17, 15) is 9.90 Å². The predicted molar refractivity (Wildman–Crippen MR) is 94.4 cm³/mol. The Morgan fingerprint density at radius 2 is 1.88 bits per heavy atom. The van der Waals surface area contributed by atoms with Crippen LogP contribution in [-0.4, -0.2) is 22.7 Å². The number of aromatic nitrogens is 1. The first-order chi connectivity index (χ1) is 11.6. The molecule has 0 saturated carbocycles. The van der Waals surface area contributed by atoms with Gasteiger partial charge in [0.2, 0.25) is 0 Å². The summed E-state index contributed by atoms with van der Waals surface area (Å²) in [5.41, 5.74) is 2.87. The van der Waals surface area contributed by atoms with Crippen molar-refractivity contribution in [2.24, 2.45) is 5.92 Å². The fourth-order valence-corrected chi connectivity index (χ4v) is 2.66. The second-order valence-electron chi connectivity index (χ2n) is 6.13. The molecule has 0 fully saturated rings. The highest BCUT2D eigenvalue weighted by Gasteiger charge is 2.17. The third kappa shape index (κ3) is 5.06. The second kappa shape index (κ2) is 9.03. The maximum absolute atomic E-state index is 12.1. The standard InChI is InChI=1S/C19H25N3O2/c1-14(2)18(16-8-5-9-20-10-16)12-22-19(24)21-11-15-6-3-4-7-17(15)13-23/h3-10,14,18,23H,11-13H2,1-2H3,(H2,21,22,24). The molecule has 1 unspecified atom stereocenters. The molecule has 3 N–H and O–H groups in total. The van der Waals surface area contributed by atoms with Crippen LogP contribution in [0.15, 0.2) is 48.8 Å². The Labute approximate surface area is 143 Å². The van der Waals surface area contributed by atoms with Crippen LogP contribution in [0.4, 0.5) is 4.79 Å². The van der Waals surface area contributed by atoms with Crippen molar-refractivity contribution in [1.29, 1.82) is 0 Å². The Kier molecular flexibility index (Phi) is 6.75. The maximum atomic E-state index is 12.1.